The standard InChI is InChI=1S/2C57H36N4S/c1-6-16-37(17-7-1)43-28-32-49-47(34-43)52-50(36-46(39-20-10-3-11-21-39)54-53(52)48-35-44(29-33-51(48)62-54)38-18-8-2-9-19-38)61(49)45-30-26-42(27-31-45)57-59-55(40-22-12-4-13-23-40)58-56(60-57)41-24-14-5-15-25-41;1-5-15-37(16-6-1)42-26-30-51-46(33-42)55-54-47-34-43(38-17-7-2-8-18-38)27-31-52(47)62-53(54)35-45(48-23-13-14-32-58-48)56(55)61(51)44-28-24-41(25-29-44)57-59-49(39-19-9-3-10-20-39)36-50(60-57)40-21-11-4-12-22-40/h2*1-36H. The number of aromatic nitrogens is 8. The van der Waals surface area contributed by atoms with Crippen LogP contribution in [0.2, 0.25) is 0 Å². The maximum atomic E-state index is 5.15. The van der Waals surface area contributed by atoms with Crippen LogP contribution in [-0.2, 0) is 0 Å². The maximum Gasteiger partial charge on any atom is 0.164 e. The maximum absolute atomic E-state index is 5.15. The van der Waals surface area contributed by atoms with Gasteiger partial charge in [-0.3, -0.25) is 4.98 Å². The van der Waals surface area contributed by atoms with Gasteiger partial charge in [0.1, 0.15) is 0 Å². The minimum atomic E-state index is 0.631. The van der Waals surface area contributed by atoms with Crippen molar-refractivity contribution >= 4 is 107 Å². The van der Waals surface area contributed by atoms with Crippen molar-refractivity contribution in [3.8, 4) is 146 Å². The topological polar surface area (TPSA) is 87.2 Å². The van der Waals surface area contributed by atoms with Gasteiger partial charge in [-0.2, -0.15) is 0 Å². The minimum absolute atomic E-state index is 0.631. The molecule has 0 saturated heterocycles. The van der Waals surface area contributed by atoms with E-state index in [2.05, 4.69) is 361 Å². The molecule has 580 valence electrons. The SMILES string of the molecule is c1ccc(-c2ccc3sc4c(-c5ccccc5)cc5c(c6cc(-c7ccccc7)ccc6n5-c5ccc(-c6nc(-c7ccccc7)nc(-c7ccccc7)n6)cc5)c4c3c2)cc1.c1ccc(-c2ccc3sc4cc(-c5ccccn5)c5c(c6cc(-c7ccccc7)ccc6n5-c5ccc(-c6nc(-c7ccccc7)cc(-c7ccccc7)n6)cc5)c4c3c2)cc1. The largest absolute Gasteiger partial charge is 0.309 e. The van der Waals surface area contributed by atoms with Crippen molar-refractivity contribution in [2.24, 2.45) is 0 Å². The molecule has 0 bridgehead atoms. The molecule has 0 saturated carbocycles. The molecule has 0 N–H and O–H groups in total. The number of rotatable bonds is 14. The Morgan fingerprint density at radius 3 is 1.00 bits per heavy atom. The van der Waals surface area contributed by atoms with E-state index in [0.717, 1.165) is 89.5 Å². The van der Waals surface area contributed by atoms with E-state index in [-0.39, 0.29) is 0 Å². The molecular formula is C114H72N8S2. The van der Waals surface area contributed by atoms with Gasteiger partial charge in [0.05, 0.1) is 39.1 Å². The molecule has 0 unspecified atom stereocenters. The highest BCUT2D eigenvalue weighted by Crippen LogP contribution is 2.52. The smallest absolute Gasteiger partial charge is 0.164 e. The van der Waals surface area contributed by atoms with E-state index in [9.17, 15) is 0 Å². The molecule has 24 rings (SSSR count). The molecule has 0 fully saturated rings. The molecule has 0 aliphatic heterocycles. The molecule has 0 radical (unpaired) electrons. The number of fused-ring (bicyclic) bond motifs is 14. The summed E-state index contributed by atoms with van der Waals surface area (Å²) in [6, 6.07) is 153. The Hall–Kier alpha value is -16.0. The van der Waals surface area contributed by atoms with Crippen molar-refractivity contribution in [2.75, 3.05) is 0 Å². The summed E-state index contributed by atoms with van der Waals surface area (Å²) in [6.07, 6.45) is 1.89. The van der Waals surface area contributed by atoms with Gasteiger partial charge < -0.3 is 9.13 Å². The first kappa shape index (κ1) is 73.2. The van der Waals surface area contributed by atoms with Crippen molar-refractivity contribution < 1.29 is 0 Å². The number of hydrogen-bond donors (Lipinski definition) is 0. The van der Waals surface area contributed by atoms with Crippen molar-refractivity contribution in [3.63, 3.8) is 0 Å². The molecule has 0 atom stereocenters. The molecular weight excluding hydrogens is 1550 g/mol. The van der Waals surface area contributed by atoms with Crippen molar-refractivity contribution in [2.45, 2.75) is 0 Å². The lowest BCUT2D eigenvalue weighted by Gasteiger charge is -2.13. The van der Waals surface area contributed by atoms with Crippen LogP contribution in [-0.4, -0.2) is 39.0 Å². The van der Waals surface area contributed by atoms with E-state index in [4.69, 9.17) is 29.9 Å². The Kier molecular flexibility index (Phi) is 18.5. The van der Waals surface area contributed by atoms with E-state index in [1.54, 1.807) is 0 Å². The normalized spacial score (nSPS) is 11.5. The predicted octanol–water partition coefficient (Wildman–Crippen LogP) is 30.7. The van der Waals surface area contributed by atoms with Gasteiger partial charge in [-0.15, -0.1) is 22.7 Å². The van der Waals surface area contributed by atoms with Crippen LogP contribution in [0.25, 0.3) is 230 Å². The highest BCUT2D eigenvalue weighted by atomic mass is 32.1. The fraction of sp³-hybridized carbons (Fsp3) is 0. The summed E-state index contributed by atoms with van der Waals surface area (Å²) in [5, 5.41) is 9.98. The molecule has 24 aromatic rings. The Morgan fingerprint density at radius 1 is 0.194 bits per heavy atom. The van der Waals surface area contributed by atoms with Crippen LogP contribution in [0.4, 0.5) is 0 Å². The second-order valence-electron chi connectivity index (χ2n) is 31.2. The summed E-state index contributed by atoms with van der Waals surface area (Å²) < 4.78 is 9.95. The zero-order valence-corrected chi connectivity index (χ0v) is 68.6. The monoisotopic (exact) mass is 1620 g/mol. The summed E-state index contributed by atoms with van der Waals surface area (Å²) in [7, 11) is 0. The number of nitrogens with zero attached hydrogens (tertiary/aromatic N) is 8. The predicted molar refractivity (Wildman–Crippen MR) is 519 cm³/mol. The summed E-state index contributed by atoms with van der Waals surface area (Å²) in [5.74, 6) is 2.60. The molecule has 7 aromatic heterocycles. The zero-order valence-electron chi connectivity index (χ0n) is 67.0. The lowest BCUT2D eigenvalue weighted by atomic mass is 9.96. The number of benzene rings is 17. The van der Waals surface area contributed by atoms with Crippen LogP contribution in [0.1, 0.15) is 0 Å². The third kappa shape index (κ3) is 13.3. The van der Waals surface area contributed by atoms with Crippen LogP contribution in [0.15, 0.2) is 437 Å². The molecule has 7 heterocycles. The van der Waals surface area contributed by atoms with E-state index in [1.165, 1.54) is 118 Å². The summed E-state index contributed by atoms with van der Waals surface area (Å²) in [6.45, 7) is 0. The van der Waals surface area contributed by atoms with Crippen molar-refractivity contribution in [1.82, 2.24) is 39.0 Å². The van der Waals surface area contributed by atoms with Crippen molar-refractivity contribution in [3.05, 3.63) is 437 Å². The van der Waals surface area contributed by atoms with Gasteiger partial charge in [0.2, 0.25) is 0 Å². The Morgan fingerprint density at radius 2 is 0.548 bits per heavy atom. The molecule has 124 heavy (non-hydrogen) atoms. The van der Waals surface area contributed by atoms with Gasteiger partial charge in [-0.05, 0) is 177 Å². The first-order valence-corrected chi connectivity index (χ1v) is 43.3. The molecule has 0 amide bonds. The van der Waals surface area contributed by atoms with E-state index in [1.807, 2.05) is 108 Å². The van der Waals surface area contributed by atoms with Gasteiger partial charge in [0.15, 0.2) is 23.3 Å². The second-order valence-corrected chi connectivity index (χ2v) is 33.3. The number of thiophene rings is 2. The highest BCUT2D eigenvalue weighted by molar-refractivity contribution is 7.26. The van der Waals surface area contributed by atoms with Crippen molar-refractivity contribution in [1.29, 1.82) is 0 Å². The molecule has 0 spiro atoms. The Bertz CT molecular complexity index is 8020. The first-order chi connectivity index (χ1) is 61.5. The van der Waals surface area contributed by atoms with E-state index in [0.29, 0.717) is 23.3 Å². The average Bonchev–Trinajstić information content (AvgIpc) is 1.55. The Balaban J connectivity index is 0.000000143. The molecule has 0 aliphatic carbocycles. The van der Waals surface area contributed by atoms with Gasteiger partial charge in [-0.25, -0.2) is 24.9 Å². The summed E-state index contributed by atoms with van der Waals surface area (Å²) in [5.41, 5.74) is 28.3. The number of hydrogen-bond acceptors (Lipinski definition) is 8. The van der Waals surface area contributed by atoms with Crippen LogP contribution < -0.4 is 0 Å². The van der Waals surface area contributed by atoms with Crippen LogP contribution >= 0.6 is 22.7 Å². The highest BCUT2D eigenvalue weighted by Gasteiger charge is 2.27. The zero-order chi connectivity index (χ0) is 82.0. The average molecular weight is 1620 g/mol. The Labute approximate surface area is 723 Å². The van der Waals surface area contributed by atoms with Crippen LogP contribution in [0.3, 0.4) is 0 Å². The second kappa shape index (κ2) is 31.3. The fourth-order valence-electron chi connectivity index (χ4n) is 17.8. The molecule has 17 aromatic carbocycles. The lowest BCUT2D eigenvalue weighted by molar-refractivity contribution is 1.07. The van der Waals surface area contributed by atoms with Gasteiger partial charge >= 0.3 is 0 Å². The molecule has 8 nitrogen and oxygen atoms in total. The summed E-state index contributed by atoms with van der Waals surface area (Å²) in [4.78, 5) is 30.3. The molecule has 10 heteroatoms. The minimum Gasteiger partial charge on any atom is -0.309 e. The van der Waals surface area contributed by atoms with Gasteiger partial charge in [0.25, 0.3) is 0 Å². The fourth-order valence-corrected chi connectivity index (χ4v) is 20.2. The lowest BCUT2D eigenvalue weighted by Crippen LogP contribution is -2.00. The summed E-state index contributed by atoms with van der Waals surface area (Å²) >= 11 is 3.74. The number of pyridine rings is 1. The van der Waals surface area contributed by atoms with Gasteiger partial charge in [0, 0.05) is 124 Å². The van der Waals surface area contributed by atoms with Gasteiger partial charge in [-0.1, -0.05) is 303 Å². The van der Waals surface area contributed by atoms with E-state index >= 15 is 0 Å². The first-order valence-electron chi connectivity index (χ1n) is 41.7. The third-order valence-corrected chi connectivity index (χ3v) is 26.0. The van der Waals surface area contributed by atoms with E-state index < -0.39 is 0 Å². The quantitative estimate of drug-likeness (QED) is 0.108. The van der Waals surface area contributed by atoms with Crippen LogP contribution in [0, 0.1) is 0 Å². The van der Waals surface area contributed by atoms with Crippen LogP contribution in [0.5, 0.6) is 0 Å². The third-order valence-electron chi connectivity index (χ3n) is 23.7. The molecule has 0 aliphatic rings.